The molecule has 0 unspecified atom stereocenters. The molecule has 3 aliphatic carbocycles. The van der Waals surface area contributed by atoms with Gasteiger partial charge in [0.1, 0.15) is 5.82 Å². The maximum atomic E-state index is 14.2. The van der Waals surface area contributed by atoms with Crippen LogP contribution in [0.15, 0.2) is 28.8 Å². The van der Waals surface area contributed by atoms with Crippen molar-refractivity contribution in [1.29, 1.82) is 0 Å². The lowest BCUT2D eigenvalue weighted by Crippen LogP contribution is -2.48. The molecular weight excluding hydrogens is 438 g/mol. The normalized spacial score (nSPS) is 25.5. The Morgan fingerprint density at radius 3 is 2.09 bits per heavy atom. The molecule has 0 saturated heterocycles. The van der Waals surface area contributed by atoms with Gasteiger partial charge in [0, 0.05) is 23.4 Å². The molecule has 0 spiro atoms. The Bertz CT molecular complexity index is 1170. The van der Waals surface area contributed by atoms with E-state index in [9.17, 15) is 17.6 Å². The van der Waals surface area contributed by atoms with Crippen LogP contribution in [0.5, 0.6) is 0 Å². The third-order valence-electron chi connectivity index (χ3n) is 7.48. The summed E-state index contributed by atoms with van der Waals surface area (Å²) in [5, 5.41) is 12.7. The maximum Gasteiger partial charge on any atom is 0.417 e. The standard InChI is InChI=1S/C23H25F4N5O/c1-20(2,24)19-28-17(31-33-19)21-8-11-22(12-9-21,13-10-21)18-30-29-16(32(18)3)14-6-4-5-7-15(14)23(25,26)27/h4-7H,8-13H2,1-3H3. The second-order valence-electron chi connectivity index (χ2n) is 9.91. The van der Waals surface area contributed by atoms with Gasteiger partial charge in [-0.25, -0.2) is 4.39 Å². The average Bonchev–Trinajstić information content (AvgIpc) is 3.42. The van der Waals surface area contributed by atoms with E-state index in [2.05, 4.69) is 20.3 Å². The lowest BCUT2D eigenvalue weighted by atomic mass is 9.53. The molecule has 6 rings (SSSR count). The molecule has 0 aliphatic heterocycles. The van der Waals surface area contributed by atoms with E-state index in [0.717, 1.165) is 44.6 Å². The number of alkyl halides is 4. The Morgan fingerprint density at radius 2 is 1.52 bits per heavy atom. The van der Waals surface area contributed by atoms with Gasteiger partial charge in [0.25, 0.3) is 5.89 Å². The summed E-state index contributed by atoms with van der Waals surface area (Å²) in [5.74, 6) is 1.45. The summed E-state index contributed by atoms with van der Waals surface area (Å²) in [6.45, 7) is 2.77. The van der Waals surface area contributed by atoms with Crippen molar-refractivity contribution in [2.75, 3.05) is 0 Å². The van der Waals surface area contributed by atoms with Crippen molar-refractivity contribution >= 4 is 0 Å². The minimum Gasteiger partial charge on any atom is -0.336 e. The summed E-state index contributed by atoms with van der Waals surface area (Å²) in [4.78, 5) is 4.37. The van der Waals surface area contributed by atoms with Gasteiger partial charge in [-0.05, 0) is 58.4 Å². The van der Waals surface area contributed by atoms with Crippen LogP contribution in [0.25, 0.3) is 11.4 Å². The van der Waals surface area contributed by atoms with E-state index in [4.69, 9.17) is 4.52 Å². The number of benzene rings is 1. The molecule has 0 N–H and O–H groups in total. The van der Waals surface area contributed by atoms with Crippen LogP contribution in [0.1, 0.15) is 75.5 Å². The molecule has 6 nitrogen and oxygen atoms in total. The summed E-state index contributed by atoms with van der Waals surface area (Å²) in [5.41, 5.74) is -2.92. The van der Waals surface area contributed by atoms with Gasteiger partial charge in [-0.15, -0.1) is 10.2 Å². The second-order valence-corrected chi connectivity index (χ2v) is 9.91. The molecule has 0 amide bonds. The molecule has 1 aromatic carbocycles. The van der Waals surface area contributed by atoms with Crippen LogP contribution in [-0.4, -0.2) is 24.9 Å². The van der Waals surface area contributed by atoms with E-state index in [1.807, 2.05) is 0 Å². The van der Waals surface area contributed by atoms with E-state index < -0.39 is 17.4 Å². The van der Waals surface area contributed by atoms with Crippen LogP contribution in [0.3, 0.4) is 0 Å². The molecule has 3 saturated carbocycles. The highest BCUT2D eigenvalue weighted by molar-refractivity contribution is 5.61. The number of hydrogen-bond donors (Lipinski definition) is 0. The third-order valence-corrected chi connectivity index (χ3v) is 7.48. The first-order valence-corrected chi connectivity index (χ1v) is 11.1. The van der Waals surface area contributed by atoms with Crippen LogP contribution < -0.4 is 0 Å². The lowest BCUT2D eigenvalue weighted by Gasteiger charge is -2.51. The highest BCUT2D eigenvalue weighted by atomic mass is 19.4. The zero-order chi connectivity index (χ0) is 23.6. The van der Waals surface area contributed by atoms with E-state index >= 15 is 0 Å². The number of fused-ring (bicyclic) bond motifs is 3. The van der Waals surface area contributed by atoms with Gasteiger partial charge in [-0.2, -0.15) is 18.2 Å². The minimum atomic E-state index is -4.48. The van der Waals surface area contributed by atoms with Gasteiger partial charge in [0.15, 0.2) is 17.3 Å². The quantitative estimate of drug-likeness (QED) is 0.469. The third kappa shape index (κ3) is 3.45. The van der Waals surface area contributed by atoms with E-state index in [0.29, 0.717) is 11.6 Å². The van der Waals surface area contributed by atoms with Crippen molar-refractivity contribution in [3.05, 3.63) is 47.4 Å². The maximum absolute atomic E-state index is 14.2. The summed E-state index contributed by atoms with van der Waals surface area (Å²) in [6.07, 6.45) is 0.197. The second kappa shape index (κ2) is 7.11. The fourth-order valence-corrected chi connectivity index (χ4v) is 5.49. The fourth-order valence-electron chi connectivity index (χ4n) is 5.49. The Morgan fingerprint density at radius 1 is 0.909 bits per heavy atom. The molecule has 0 radical (unpaired) electrons. The molecule has 3 fully saturated rings. The molecule has 2 bridgehead atoms. The first-order chi connectivity index (χ1) is 15.5. The van der Waals surface area contributed by atoms with Crippen LogP contribution in [0.2, 0.25) is 0 Å². The summed E-state index contributed by atoms with van der Waals surface area (Å²) in [7, 11) is 1.73. The largest absolute Gasteiger partial charge is 0.417 e. The molecular formula is C23H25F4N5O. The first-order valence-electron chi connectivity index (χ1n) is 11.1. The molecule has 3 aromatic rings. The van der Waals surface area contributed by atoms with Crippen LogP contribution in [-0.2, 0) is 29.7 Å². The molecule has 176 valence electrons. The van der Waals surface area contributed by atoms with E-state index in [1.165, 1.54) is 26.0 Å². The zero-order valence-corrected chi connectivity index (χ0v) is 18.7. The fraction of sp³-hybridized carbons (Fsp3) is 0.565. The average molecular weight is 463 g/mol. The van der Waals surface area contributed by atoms with Gasteiger partial charge in [-0.1, -0.05) is 23.4 Å². The first kappa shape index (κ1) is 22.0. The van der Waals surface area contributed by atoms with Crippen molar-refractivity contribution in [1.82, 2.24) is 24.9 Å². The molecule has 33 heavy (non-hydrogen) atoms. The van der Waals surface area contributed by atoms with Gasteiger partial charge in [0.05, 0.1) is 5.56 Å². The highest BCUT2D eigenvalue weighted by Crippen LogP contribution is 2.58. The minimum absolute atomic E-state index is 0.0180. The number of rotatable bonds is 4. The molecule has 0 atom stereocenters. The predicted molar refractivity (Wildman–Crippen MR) is 111 cm³/mol. The van der Waals surface area contributed by atoms with Crippen LogP contribution in [0, 0.1) is 0 Å². The van der Waals surface area contributed by atoms with Gasteiger partial charge in [0.2, 0.25) is 0 Å². The lowest BCUT2D eigenvalue weighted by molar-refractivity contribution is -0.137. The topological polar surface area (TPSA) is 69.6 Å². The van der Waals surface area contributed by atoms with Crippen molar-refractivity contribution in [3.8, 4) is 11.4 Å². The number of halogens is 4. The SMILES string of the molecule is Cn1c(-c2ccccc2C(F)(F)F)nnc1C12CCC(c3noc(C(C)(C)F)n3)(CC1)CC2. The summed E-state index contributed by atoms with van der Waals surface area (Å²) < 4.78 is 61.8. The zero-order valence-electron chi connectivity index (χ0n) is 18.7. The van der Waals surface area contributed by atoms with Crippen molar-refractivity contribution < 1.29 is 22.1 Å². The molecule has 2 heterocycles. The smallest absolute Gasteiger partial charge is 0.336 e. The Balaban J connectivity index is 1.44. The number of aromatic nitrogens is 5. The van der Waals surface area contributed by atoms with Crippen LogP contribution >= 0.6 is 0 Å². The van der Waals surface area contributed by atoms with Gasteiger partial charge in [-0.3, -0.25) is 0 Å². The predicted octanol–water partition coefficient (Wildman–Crippen LogP) is 5.63. The van der Waals surface area contributed by atoms with E-state index in [1.54, 1.807) is 17.7 Å². The number of nitrogens with zero attached hydrogens (tertiary/aromatic N) is 5. The molecule has 10 heteroatoms. The van der Waals surface area contributed by atoms with Crippen molar-refractivity contribution in [2.45, 2.75) is 75.0 Å². The van der Waals surface area contributed by atoms with Gasteiger partial charge < -0.3 is 9.09 Å². The van der Waals surface area contributed by atoms with E-state index in [-0.39, 0.29) is 28.1 Å². The Labute approximate surface area is 188 Å². The molecule has 3 aliphatic rings. The summed E-state index contributed by atoms with van der Waals surface area (Å²) in [6, 6.07) is 5.44. The van der Waals surface area contributed by atoms with Crippen LogP contribution in [0.4, 0.5) is 17.6 Å². The van der Waals surface area contributed by atoms with Gasteiger partial charge >= 0.3 is 6.18 Å². The molecule has 2 aromatic heterocycles. The van der Waals surface area contributed by atoms with Crippen molar-refractivity contribution in [3.63, 3.8) is 0 Å². The Kier molecular flexibility index (Phi) is 4.75. The summed E-state index contributed by atoms with van der Waals surface area (Å²) >= 11 is 0. The van der Waals surface area contributed by atoms with Crippen molar-refractivity contribution in [2.24, 2.45) is 7.05 Å². The number of hydrogen-bond acceptors (Lipinski definition) is 5. The monoisotopic (exact) mass is 463 g/mol. The highest BCUT2D eigenvalue weighted by Gasteiger charge is 2.54. The Hall–Kier alpha value is -2.78.